The average molecular weight is 351 g/mol. The highest BCUT2D eigenvalue weighted by Gasteiger charge is 2.18. The summed E-state index contributed by atoms with van der Waals surface area (Å²) in [7, 11) is 1.63. The molecule has 0 bridgehead atoms. The van der Waals surface area contributed by atoms with Crippen LogP contribution in [0.3, 0.4) is 0 Å². The van der Waals surface area contributed by atoms with Crippen molar-refractivity contribution in [3.8, 4) is 11.4 Å². The van der Waals surface area contributed by atoms with Gasteiger partial charge in [-0.15, -0.1) is 12.4 Å². The summed E-state index contributed by atoms with van der Waals surface area (Å²) in [6.45, 7) is 3.85. The van der Waals surface area contributed by atoms with Gasteiger partial charge in [-0.1, -0.05) is 6.07 Å². The Morgan fingerprint density at radius 1 is 1.42 bits per heavy atom. The lowest BCUT2D eigenvalue weighted by molar-refractivity contribution is 0.0925. The maximum atomic E-state index is 12.3. The quantitative estimate of drug-likeness (QED) is 0.886. The molecule has 1 atom stereocenters. The number of rotatable bonds is 4. The van der Waals surface area contributed by atoms with Crippen molar-refractivity contribution in [1.29, 1.82) is 0 Å². The molecule has 3 rings (SSSR count). The van der Waals surface area contributed by atoms with Crippen LogP contribution in [0, 0.1) is 6.92 Å². The number of aromatic nitrogens is 2. The minimum atomic E-state index is -0.135. The second-order valence-electron chi connectivity index (χ2n) is 5.84. The van der Waals surface area contributed by atoms with E-state index < -0.39 is 0 Å². The molecule has 1 aromatic heterocycles. The Bertz CT molecular complexity index is 696. The monoisotopic (exact) mass is 350 g/mol. The SMILES string of the molecule is COc1ccc(C)cc1-n1ccc(C(=O)NC2CCCNC2)n1.Cl. The number of carbonyl (C=O) groups is 1. The molecule has 0 spiro atoms. The van der Waals surface area contributed by atoms with Crippen LogP contribution in [0.25, 0.3) is 5.69 Å². The summed E-state index contributed by atoms with van der Waals surface area (Å²) in [6, 6.07) is 7.77. The van der Waals surface area contributed by atoms with Crippen LogP contribution < -0.4 is 15.4 Å². The van der Waals surface area contributed by atoms with E-state index in [0.29, 0.717) is 5.69 Å². The van der Waals surface area contributed by atoms with Crippen LogP contribution in [0.2, 0.25) is 0 Å². The topological polar surface area (TPSA) is 68.2 Å². The number of carbonyl (C=O) groups excluding carboxylic acids is 1. The molecule has 1 saturated heterocycles. The van der Waals surface area contributed by atoms with Gasteiger partial charge in [0.1, 0.15) is 11.4 Å². The van der Waals surface area contributed by atoms with E-state index in [9.17, 15) is 4.79 Å². The number of hydrogen-bond donors (Lipinski definition) is 2. The van der Waals surface area contributed by atoms with Crippen molar-refractivity contribution in [2.24, 2.45) is 0 Å². The van der Waals surface area contributed by atoms with Gasteiger partial charge in [-0.2, -0.15) is 5.10 Å². The van der Waals surface area contributed by atoms with Crippen LogP contribution in [-0.2, 0) is 0 Å². The minimum absolute atomic E-state index is 0. The fourth-order valence-electron chi connectivity index (χ4n) is 2.79. The molecule has 1 unspecified atom stereocenters. The summed E-state index contributed by atoms with van der Waals surface area (Å²) in [5.74, 6) is 0.589. The summed E-state index contributed by atoms with van der Waals surface area (Å²) in [6.07, 6.45) is 3.87. The van der Waals surface area contributed by atoms with Crippen molar-refractivity contribution < 1.29 is 9.53 Å². The molecule has 2 heterocycles. The van der Waals surface area contributed by atoms with E-state index in [4.69, 9.17) is 4.74 Å². The molecule has 7 heteroatoms. The van der Waals surface area contributed by atoms with Gasteiger partial charge in [0.05, 0.1) is 7.11 Å². The fourth-order valence-corrected chi connectivity index (χ4v) is 2.79. The number of piperidine rings is 1. The number of nitrogens with one attached hydrogen (secondary N) is 2. The van der Waals surface area contributed by atoms with Gasteiger partial charge < -0.3 is 15.4 Å². The summed E-state index contributed by atoms with van der Waals surface area (Å²) in [4.78, 5) is 12.3. The smallest absolute Gasteiger partial charge is 0.272 e. The first-order valence-corrected chi connectivity index (χ1v) is 7.89. The number of benzene rings is 1. The van der Waals surface area contributed by atoms with Crippen molar-refractivity contribution in [3.05, 3.63) is 41.7 Å². The molecule has 130 valence electrons. The third kappa shape index (κ3) is 4.07. The summed E-state index contributed by atoms with van der Waals surface area (Å²) < 4.78 is 7.06. The molecule has 1 aliphatic heterocycles. The fraction of sp³-hybridized carbons (Fsp3) is 0.412. The number of hydrogen-bond acceptors (Lipinski definition) is 4. The lowest BCUT2D eigenvalue weighted by Gasteiger charge is -2.23. The average Bonchev–Trinajstić information content (AvgIpc) is 3.06. The van der Waals surface area contributed by atoms with Crippen LogP contribution in [0.5, 0.6) is 5.75 Å². The van der Waals surface area contributed by atoms with Gasteiger partial charge in [0.15, 0.2) is 5.69 Å². The molecule has 1 aromatic carbocycles. The standard InChI is InChI=1S/C17H22N4O2.ClH/c1-12-5-6-16(23-2)15(10-12)21-9-7-14(20-21)17(22)19-13-4-3-8-18-11-13;/h5-7,9-10,13,18H,3-4,8,11H2,1-2H3,(H,19,22);1H. The highest BCUT2D eigenvalue weighted by Crippen LogP contribution is 2.23. The second kappa shape index (κ2) is 8.17. The van der Waals surface area contributed by atoms with E-state index in [-0.39, 0.29) is 24.4 Å². The summed E-state index contributed by atoms with van der Waals surface area (Å²) >= 11 is 0. The molecule has 6 nitrogen and oxygen atoms in total. The maximum absolute atomic E-state index is 12.3. The van der Waals surface area contributed by atoms with Gasteiger partial charge in [0.2, 0.25) is 0 Å². The molecular weight excluding hydrogens is 328 g/mol. The van der Waals surface area contributed by atoms with Gasteiger partial charge in [-0.3, -0.25) is 4.79 Å². The molecule has 24 heavy (non-hydrogen) atoms. The first-order valence-electron chi connectivity index (χ1n) is 7.89. The van der Waals surface area contributed by atoms with E-state index in [1.54, 1.807) is 24.1 Å². The lowest BCUT2D eigenvalue weighted by Crippen LogP contribution is -2.45. The van der Waals surface area contributed by atoms with E-state index in [1.807, 2.05) is 25.1 Å². The molecule has 1 aliphatic rings. The Balaban J connectivity index is 0.00000208. The van der Waals surface area contributed by atoms with Crippen LogP contribution in [0.15, 0.2) is 30.5 Å². The lowest BCUT2D eigenvalue weighted by atomic mass is 10.1. The van der Waals surface area contributed by atoms with E-state index in [0.717, 1.165) is 42.9 Å². The third-order valence-corrected chi connectivity index (χ3v) is 4.03. The van der Waals surface area contributed by atoms with E-state index in [2.05, 4.69) is 15.7 Å². The molecule has 0 aliphatic carbocycles. The highest BCUT2D eigenvalue weighted by molar-refractivity contribution is 5.92. The molecule has 0 radical (unpaired) electrons. The van der Waals surface area contributed by atoms with Crippen molar-refractivity contribution in [3.63, 3.8) is 0 Å². The number of amides is 1. The highest BCUT2D eigenvalue weighted by atomic mass is 35.5. The third-order valence-electron chi connectivity index (χ3n) is 4.03. The van der Waals surface area contributed by atoms with Crippen LogP contribution in [0.1, 0.15) is 28.9 Å². The first-order chi connectivity index (χ1) is 11.2. The van der Waals surface area contributed by atoms with Gasteiger partial charge in [0, 0.05) is 18.8 Å². The number of ether oxygens (including phenoxy) is 1. The molecular formula is C17H23ClN4O2. The maximum Gasteiger partial charge on any atom is 0.272 e. The molecule has 0 saturated carbocycles. The van der Waals surface area contributed by atoms with Crippen LogP contribution in [0.4, 0.5) is 0 Å². The van der Waals surface area contributed by atoms with Crippen molar-refractivity contribution in [1.82, 2.24) is 20.4 Å². The zero-order chi connectivity index (χ0) is 16.2. The zero-order valence-corrected chi connectivity index (χ0v) is 14.7. The van der Waals surface area contributed by atoms with Gasteiger partial charge in [-0.05, 0) is 50.1 Å². The largest absolute Gasteiger partial charge is 0.494 e. The Morgan fingerprint density at radius 3 is 2.96 bits per heavy atom. The predicted molar refractivity (Wildman–Crippen MR) is 95.5 cm³/mol. The van der Waals surface area contributed by atoms with Gasteiger partial charge >= 0.3 is 0 Å². The molecule has 1 amide bonds. The number of nitrogens with zero attached hydrogens (tertiary/aromatic N) is 2. The second-order valence-corrected chi connectivity index (χ2v) is 5.84. The van der Waals surface area contributed by atoms with Gasteiger partial charge in [-0.25, -0.2) is 4.68 Å². The Hall–Kier alpha value is -2.05. The summed E-state index contributed by atoms with van der Waals surface area (Å²) in [5, 5.41) is 10.7. The normalized spacial score (nSPS) is 17.0. The van der Waals surface area contributed by atoms with Crippen molar-refractivity contribution in [2.45, 2.75) is 25.8 Å². The first kappa shape index (κ1) is 18.3. The number of aryl methyl sites for hydroxylation is 1. The number of halogens is 1. The molecule has 1 fully saturated rings. The predicted octanol–water partition coefficient (Wildman–Crippen LogP) is 2.09. The summed E-state index contributed by atoms with van der Waals surface area (Å²) in [5.41, 5.74) is 2.35. The van der Waals surface area contributed by atoms with E-state index >= 15 is 0 Å². The van der Waals surface area contributed by atoms with Crippen LogP contribution >= 0.6 is 12.4 Å². The zero-order valence-electron chi connectivity index (χ0n) is 13.9. The van der Waals surface area contributed by atoms with Gasteiger partial charge in [0.25, 0.3) is 5.91 Å². The molecule has 2 aromatic rings. The number of methoxy groups -OCH3 is 1. The van der Waals surface area contributed by atoms with Crippen LogP contribution in [-0.4, -0.2) is 41.9 Å². The van der Waals surface area contributed by atoms with Crippen molar-refractivity contribution in [2.75, 3.05) is 20.2 Å². The van der Waals surface area contributed by atoms with E-state index in [1.165, 1.54) is 0 Å². The molecule has 2 N–H and O–H groups in total. The Kier molecular flexibility index (Phi) is 6.23. The Labute approximate surface area is 148 Å². The van der Waals surface area contributed by atoms with Crippen molar-refractivity contribution >= 4 is 18.3 Å². The minimum Gasteiger partial charge on any atom is -0.494 e. The Morgan fingerprint density at radius 2 is 2.25 bits per heavy atom.